The summed E-state index contributed by atoms with van der Waals surface area (Å²) >= 11 is 1.40. The minimum Gasteiger partial charge on any atom is -0.492 e. The topological polar surface area (TPSA) is 56.9 Å². The van der Waals surface area contributed by atoms with Crippen LogP contribution in [0.25, 0.3) is 4.96 Å². The van der Waals surface area contributed by atoms with E-state index >= 15 is 0 Å². The van der Waals surface area contributed by atoms with Crippen LogP contribution in [-0.4, -0.2) is 55.7 Å². The van der Waals surface area contributed by atoms with Crippen molar-refractivity contribution in [2.24, 2.45) is 0 Å². The zero-order valence-electron chi connectivity index (χ0n) is 16.4. The molecule has 1 aliphatic rings. The van der Waals surface area contributed by atoms with Gasteiger partial charge in [-0.1, -0.05) is 53.8 Å². The van der Waals surface area contributed by atoms with Crippen LogP contribution in [0.1, 0.15) is 22.0 Å². The molecule has 0 aliphatic carbocycles. The van der Waals surface area contributed by atoms with Crippen LogP contribution >= 0.6 is 11.3 Å². The molecule has 0 saturated carbocycles. The highest BCUT2D eigenvalue weighted by atomic mass is 32.1. The van der Waals surface area contributed by atoms with E-state index in [-0.39, 0.29) is 17.7 Å². The molecule has 0 amide bonds. The predicted molar refractivity (Wildman–Crippen MR) is 114 cm³/mol. The molecule has 0 bridgehead atoms. The van der Waals surface area contributed by atoms with Crippen molar-refractivity contribution in [1.29, 1.82) is 0 Å². The van der Waals surface area contributed by atoms with Crippen molar-refractivity contribution in [1.82, 2.24) is 24.4 Å². The summed E-state index contributed by atoms with van der Waals surface area (Å²) in [6.07, 6.45) is 1.43. The van der Waals surface area contributed by atoms with Gasteiger partial charge in [0.2, 0.25) is 10.8 Å². The van der Waals surface area contributed by atoms with E-state index in [0.29, 0.717) is 4.96 Å². The van der Waals surface area contributed by atoms with Crippen LogP contribution in [-0.2, 0) is 6.54 Å². The molecule has 1 atom stereocenters. The Balaban J connectivity index is 1.41. The largest absolute Gasteiger partial charge is 0.492 e. The molecule has 1 fully saturated rings. The van der Waals surface area contributed by atoms with E-state index in [2.05, 4.69) is 44.1 Å². The second-order valence-electron chi connectivity index (χ2n) is 7.50. The molecule has 154 valence electrons. The van der Waals surface area contributed by atoms with Crippen molar-refractivity contribution >= 4 is 16.3 Å². The maximum Gasteiger partial charge on any atom is 0.230 e. The number of fused-ring (bicyclic) bond motifs is 1. The first kappa shape index (κ1) is 19.2. The summed E-state index contributed by atoms with van der Waals surface area (Å²) in [5, 5.41) is 14.9. The van der Waals surface area contributed by atoms with Gasteiger partial charge in [0.15, 0.2) is 0 Å². The Hall–Kier alpha value is -2.81. The number of halogens is 1. The molecule has 0 unspecified atom stereocenters. The number of hydrogen-bond acceptors (Lipinski definition) is 6. The Kier molecular flexibility index (Phi) is 5.20. The normalized spacial score (nSPS) is 16.8. The van der Waals surface area contributed by atoms with Crippen LogP contribution in [0.5, 0.6) is 5.88 Å². The lowest BCUT2D eigenvalue weighted by Gasteiger charge is -2.39. The molecule has 6 nitrogen and oxygen atoms in total. The quantitative estimate of drug-likeness (QED) is 0.532. The second kappa shape index (κ2) is 8.14. The fourth-order valence-electron chi connectivity index (χ4n) is 4.10. The van der Waals surface area contributed by atoms with Crippen LogP contribution in [0.2, 0.25) is 0 Å². The fraction of sp³-hybridized carbons (Fsp3) is 0.273. The lowest BCUT2D eigenvalue weighted by Crippen LogP contribution is -2.47. The van der Waals surface area contributed by atoms with Gasteiger partial charge in [-0.05, 0) is 23.3 Å². The summed E-state index contributed by atoms with van der Waals surface area (Å²) in [6, 6.07) is 16.8. The Morgan fingerprint density at radius 2 is 1.83 bits per heavy atom. The standard InChI is InChI=1S/C22H22FN5OS/c23-18-8-4-7-17(13-18)19(20-21(29)28-22(30-20)24-15-25-28)27-11-9-26(10-12-27)14-16-5-2-1-3-6-16/h1-8,13,15,19,29H,9-12,14H2/t19-/m0/s1. The van der Waals surface area contributed by atoms with Gasteiger partial charge in [-0.2, -0.15) is 9.61 Å². The number of piperazine rings is 1. The number of benzene rings is 2. The Morgan fingerprint density at radius 1 is 1.03 bits per heavy atom. The van der Waals surface area contributed by atoms with Crippen molar-refractivity contribution in [3.05, 3.63) is 82.7 Å². The zero-order valence-corrected chi connectivity index (χ0v) is 17.2. The van der Waals surface area contributed by atoms with Gasteiger partial charge in [-0.3, -0.25) is 9.80 Å². The molecule has 2 aromatic carbocycles. The molecule has 30 heavy (non-hydrogen) atoms. The third-order valence-corrected chi connectivity index (χ3v) is 6.66. The van der Waals surface area contributed by atoms with Gasteiger partial charge >= 0.3 is 0 Å². The number of rotatable bonds is 5. The summed E-state index contributed by atoms with van der Waals surface area (Å²) in [6.45, 7) is 4.37. The number of nitrogens with zero attached hydrogens (tertiary/aromatic N) is 5. The minimum absolute atomic E-state index is 0.0773. The van der Waals surface area contributed by atoms with Crippen LogP contribution in [0, 0.1) is 5.82 Å². The Morgan fingerprint density at radius 3 is 2.57 bits per heavy atom. The predicted octanol–water partition coefficient (Wildman–Crippen LogP) is 3.54. The first-order chi connectivity index (χ1) is 14.7. The molecule has 3 heterocycles. The first-order valence-electron chi connectivity index (χ1n) is 9.96. The van der Waals surface area contributed by atoms with Crippen molar-refractivity contribution in [2.75, 3.05) is 26.2 Å². The van der Waals surface area contributed by atoms with Crippen molar-refractivity contribution in [3.8, 4) is 5.88 Å². The highest BCUT2D eigenvalue weighted by Gasteiger charge is 2.31. The van der Waals surface area contributed by atoms with Crippen LogP contribution in [0.4, 0.5) is 4.39 Å². The van der Waals surface area contributed by atoms with Gasteiger partial charge in [0, 0.05) is 32.7 Å². The van der Waals surface area contributed by atoms with Gasteiger partial charge in [-0.25, -0.2) is 9.37 Å². The Labute approximate surface area is 177 Å². The Bertz CT molecular complexity index is 1140. The molecular weight excluding hydrogens is 401 g/mol. The third kappa shape index (κ3) is 3.69. The fourth-order valence-corrected chi connectivity index (χ4v) is 5.19. The average Bonchev–Trinajstić information content (AvgIpc) is 3.34. The van der Waals surface area contributed by atoms with Gasteiger partial charge in [0.05, 0.1) is 10.9 Å². The van der Waals surface area contributed by atoms with Crippen molar-refractivity contribution in [2.45, 2.75) is 12.6 Å². The van der Waals surface area contributed by atoms with Crippen LogP contribution in [0.15, 0.2) is 60.9 Å². The van der Waals surface area contributed by atoms with E-state index < -0.39 is 0 Å². The molecule has 0 radical (unpaired) electrons. The van der Waals surface area contributed by atoms with Crippen LogP contribution in [0.3, 0.4) is 0 Å². The zero-order chi connectivity index (χ0) is 20.5. The SMILES string of the molecule is Oc1c([C@H](c2cccc(F)c2)N2CCN(Cc3ccccc3)CC2)sc2ncnn12. The van der Waals surface area contributed by atoms with E-state index in [1.165, 1.54) is 33.8 Å². The first-order valence-corrected chi connectivity index (χ1v) is 10.8. The van der Waals surface area contributed by atoms with Gasteiger partial charge in [0.1, 0.15) is 12.1 Å². The lowest BCUT2D eigenvalue weighted by atomic mass is 10.0. The lowest BCUT2D eigenvalue weighted by molar-refractivity contribution is 0.105. The van der Waals surface area contributed by atoms with E-state index in [0.717, 1.165) is 43.2 Å². The summed E-state index contributed by atoms with van der Waals surface area (Å²) < 4.78 is 15.5. The highest BCUT2D eigenvalue weighted by Crippen LogP contribution is 2.40. The third-order valence-electron chi connectivity index (χ3n) is 5.57. The van der Waals surface area contributed by atoms with E-state index in [9.17, 15) is 9.50 Å². The number of aromatic hydroxyl groups is 1. The van der Waals surface area contributed by atoms with Crippen molar-refractivity contribution < 1.29 is 9.50 Å². The summed E-state index contributed by atoms with van der Waals surface area (Å²) in [7, 11) is 0. The molecule has 1 saturated heterocycles. The van der Waals surface area contributed by atoms with E-state index in [1.54, 1.807) is 12.1 Å². The highest BCUT2D eigenvalue weighted by molar-refractivity contribution is 7.17. The smallest absolute Gasteiger partial charge is 0.230 e. The molecule has 1 aliphatic heterocycles. The van der Waals surface area contributed by atoms with Crippen molar-refractivity contribution in [3.63, 3.8) is 0 Å². The van der Waals surface area contributed by atoms with Crippen LogP contribution < -0.4 is 0 Å². The maximum atomic E-state index is 14.0. The molecule has 4 aromatic rings. The molecule has 5 rings (SSSR count). The second-order valence-corrected chi connectivity index (χ2v) is 8.51. The summed E-state index contributed by atoms with van der Waals surface area (Å²) in [5.74, 6) is -0.201. The molecule has 0 spiro atoms. The van der Waals surface area contributed by atoms with E-state index in [1.807, 2.05) is 12.1 Å². The van der Waals surface area contributed by atoms with Gasteiger partial charge in [-0.15, -0.1) is 0 Å². The summed E-state index contributed by atoms with van der Waals surface area (Å²) in [5.41, 5.74) is 2.13. The van der Waals surface area contributed by atoms with E-state index in [4.69, 9.17) is 0 Å². The minimum atomic E-state index is -0.279. The molecule has 1 N–H and O–H groups in total. The molecule has 2 aromatic heterocycles. The van der Waals surface area contributed by atoms with Gasteiger partial charge in [0.25, 0.3) is 0 Å². The number of hydrogen-bond donors (Lipinski definition) is 1. The summed E-state index contributed by atoms with van der Waals surface area (Å²) in [4.78, 5) is 10.3. The number of thiazole rings is 1. The maximum absolute atomic E-state index is 14.0. The monoisotopic (exact) mass is 423 g/mol. The molecular formula is C22H22FN5OS. The van der Waals surface area contributed by atoms with Gasteiger partial charge < -0.3 is 5.11 Å². The average molecular weight is 424 g/mol. The molecule has 8 heteroatoms. The number of aromatic nitrogens is 3.